The van der Waals surface area contributed by atoms with Gasteiger partial charge in [-0.2, -0.15) is 4.31 Å². The molecular formula is C17H16BrFN2O3S. The van der Waals surface area contributed by atoms with E-state index in [1.165, 1.54) is 22.5 Å². The lowest BCUT2D eigenvalue weighted by atomic mass is 10.2. The first-order valence-electron chi connectivity index (χ1n) is 7.69. The van der Waals surface area contributed by atoms with Crippen molar-refractivity contribution in [1.82, 2.24) is 9.21 Å². The van der Waals surface area contributed by atoms with Crippen LogP contribution in [0.5, 0.6) is 0 Å². The molecule has 1 aliphatic heterocycles. The highest BCUT2D eigenvalue weighted by Gasteiger charge is 2.31. The fourth-order valence-corrected chi connectivity index (χ4v) is 4.62. The van der Waals surface area contributed by atoms with Crippen LogP contribution < -0.4 is 0 Å². The van der Waals surface area contributed by atoms with Crippen LogP contribution in [-0.4, -0.2) is 49.7 Å². The van der Waals surface area contributed by atoms with E-state index in [9.17, 15) is 17.6 Å². The fraction of sp³-hybridized carbons (Fsp3) is 0.235. The maximum Gasteiger partial charge on any atom is 0.255 e. The van der Waals surface area contributed by atoms with Crippen LogP contribution in [0.2, 0.25) is 0 Å². The Morgan fingerprint density at radius 2 is 1.68 bits per heavy atom. The molecule has 1 aliphatic rings. The van der Waals surface area contributed by atoms with E-state index >= 15 is 0 Å². The van der Waals surface area contributed by atoms with Gasteiger partial charge in [-0.3, -0.25) is 4.79 Å². The summed E-state index contributed by atoms with van der Waals surface area (Å²) in [5, 5.41) is 0. The van der Waals surface area contributed by atoms with E-state index in [1.54, 1.807) is 23.1 Å². The molecular weight excluding hydrogens is 411 g/mol. The van der Waals surface area contributed by atoms with Crippen molar-refractivity contribution in [1.29, 1.82) is 0 Å². The van der Waals surface area contributed by atoms with Crippen molar-refractivity contribution in [3.8, 4) is 0 Å². The Morgan fingerprint density at radius 3 is 2.32 bits per heavy atom. The lowest BCUT2D eigenvalue weighted by Crippen LogP contribution is -2.50. The zero-order chi connectivity index (χ0) is 18.0. The van der Waals surface area contributed by atoms with Crippen molar-refractivity contribution < 1.29 is 17.6 Å². The van der Waals surface area contributed by atoms with E-state index in [0.29, 0.717) is 10.0 Å². The highest BCUT2D eigenvalue weighted by molar-refractivity contribution is 9.10. The third kappa shape index (κ3) is 3.75. The summed E-state index contributed by atoms with van der Waals surface area (Å²) in [6.45, 7) is 0.924. The monoisotopic (exact) mass is 426 g/mol. The summed E-state index contributed by atoms with van der Waals surface area (Å²) in [5.74, 6) is -0.737. The van der Waals surface area contributed by atoms with Crippen LogP contribution in [0, 0.1) is 5.82 Å². The summed E-state index contributed by atoms with van der Waals surface area (Å²) in [4.78, 5) is 14.1. The minimum absolute atomic E-state index is 0.0712. The molecule has 0 N–H and O–H groups in total. The molecule has 0 aromatic heterocycles. The second-order valence-electron chi connectivity index (χ2n) is 5.63. The summed E-state index contributed by atoms with van der Waals surface area (Å²) < 4.78 is 40.5. The summed E-state index contributed by atoms with van der Waals surface area (Å²) in [6, 6.07) is 12.1. The van der Waals surface area contributed by atoms with E-state index in [0.717, 1.165) is 6.07 Å². The average molecular weight is 427 g/mol. The fourth-order valence-electron chi connectivity index (χ4n) is 2.71. The molecule has 0 aliphatic carbocycles. The molecule has 0 bridgehead atoms. The Bertz CT molecular complexity index is 896. The van der Waals surface area contributed by atoms with Gasteiger partial charge in [0.05, 0.1) is 10.5 Å². The lowest BCUT2D eigenvalue weighted by Gasteiger charge is -2.34. The molecule has 1 saturated heterocycles. The molecule has 0 unspecified atom stereocenters. The van der Waals surface area contributed by atoms with Crippen molar-refractivity contribution in [2.75, 3.05) is 26.2 Å². The maximum atomic E-state index is 13.3. The van der Waals surface area contributed by atoms with Crippen LogP contribution in [0.4, 0.5) is 4.39 Å². The second kappa shape index (κ2) is 7.23. The lowest BCUT2D eigenvalue weighted by molar-refractivity contribution is 0.0697. The number of sulfonamides is 1. The van der Waals surface area contributed by atoms with E-state index in [-0.39, 0.29) is 37.0 Å². The zero-order valence-corrected chi connectivity index (χ0v) is 15.6. The first kappa shape index (κ1) is 18.0. The van der Waals surface area contributed by atoms with Crippen LogP contribution in [-0.2, 0) is 10.0 Å². The molecule has 0 spiro atoms. The van der Waals surface area contributed by atoms with Crippen molar-refractivity contribution in [3.63, 3.8) is 0 Å². The first-order chi connectivity index (χ1) is 11.9. The van der Waals surface area contributed by atoms with Crippen LogP contribution in [0.15, 0.2) is 57.9 Å². The molecule has 2 aromatic carbocycles. The molecule has 1 amide bonds. The van der Waals surface area contributed by atoms with E-state index in [2.05, 4.69) is 15.9 Å². The SMILES string of the molecule is O=C(c1ccccc1Br)N1CCN(S(=O)(=O)c2cccc(F)c2)CC1. The first-order valence-corrected chi connectivity index (χ1v) is 9.92. The van der Waals surface area contributed by atoms with Gasteiger partial charge in [-0.15, -0.1) is 0 Å². The van der Waals surface area contributed by atoms with Gasteiger partial charge >= 0.3 is 0 Å². The number of hydrogen-bond donors (Lipinski definition) is 0. The normalized spacial score (nSPS) is 16.0. The molecule has 1 heterocycles. The number of amides is 1. The number of piperazine rings is 1. The summed E-state index contributed by atoms with van der Waals surface area (Å²) in [7, 11) is -3.76. The predicted octanol–water partition coefficient (Wildman–Crippen LogP) is 2.73. The van der Waals surface area contributed by atoms with Gasteiger partial charge in [-0.1, -0.05) is 18.2 Å². The minimum atomic E-state index is -3.76. The number of hydrogen-bond acceptors (Lipinski definition) is 3. The number of carbonyl (C=O) groups is 1. The predicted molar refractivity (Wildman–Crippen MR) is 95.2 cm³/mol. The Balaban J connectivity index is 1.72. The van der Waals surface area contributed by atoms with Gasteiger partial charge in [-0.25, -0.2) is 12.8 Å². The Labute approximate surface area is 154 Å². The largest absolute Gasteiger partial charge is 0.336 e. The highest BCUT2D eigenvalue weighted by Crippen LogP contribution is 2.21. The highest BCUT2D eigenvalue weighted by atomic mass is 79.9. The summed E-state index contributed by atoms with van der Waals surface area (Å²) in [5.41, 5.74) is 0.545. The molecule has 8 heteroatoms. The molecule has 132 valence electrons. The zero-order valence-electron chi connectivity index (χ0n) is 13.2. The van der Waals surface area contributed by atoms with Gasteiger partial charge in [0, 0.05) is 30.7 Å². The quantitative estimate of drug-likeness (QED) is 0.757. The molecule has 1 fully saturated rings. The van der Waals surface area contributed by atoms with Crippen LogP contribution in [0.3, 0.4) is 0 Å². The Kier molecular flexibility index (Phi) is 5.21. The molecule has 0 radical (unpaired) electrons. The third-order valence-corrected chi connectivity index (χ3v) is 6.65. The summed E-state index contributed by atoms with van der Waals surface area (Å²) >= 11 is 3.36. The van der Waals surface area contributed by atoms with Gasteiger partial charge in [0.15, 0.2) is 0 Å². The summed E-state index contributed by atoms with van der Waals surface area (Å²) in [6.07, 6.45) is 0. The van der Waals surface area contributed by atoms with Crippen molar-refractivity contribution in [2.45, 2.75) is 4.90 Å². The van der Waals surface area contributed by atoms with Gasteiger partial charge in [0.1, 0.15) is 5.82 Å². The molecule has 0 saturated carbocycles. The standard InChI is InChI=1S/C17H16BrFN2O3S/c18-16-7-2-1-6-15(16)17(22)20-8-10-21(11-9-20)25(23,24)14-5-3-4-13(19)12-14/h1-7,12H,8-11H2. The van der Waals surface area contributed by atoms with E-state index in [4.69, 9.17) is 0 Å². The van der Waals surface area contributed by atoms with Crippen LogP contribution in [0.1, 0.15) is 10.4 Å². The van der Waals surface area contributed by atoms with Crippen molar-refractivity contribution in [2.24, 2.45) is 0 Å². The molecule has 0 atom stereocenters. The Morgan fingerprint density at radius 1 is 1.00 bits per heavy atom. The molecule has 2 aromatic rings. The maximum absolute atomic E-state index is 13.3. The van der Waals surface area contributed by atoms with Crippen LogP contribution >= 0.6 is 15.9 Å². The minimum Gasteiger partial charge on any atom is -0.336 e. The molecule has 25 heavy (non-hydrogen) atoms. The van der Waals surface area contributed by atoms with Crippen molar-refractivity contribution >= 4 is 31.9 Å². The second-order valence-corrected chi connectivity index (χ2v) is 8.43. The number of benzene rings is 2. The number of nitrogens with zero attached hydrogens (tertiary/aromatic N) is 2. The van der Waals surface area contributed by atoms with Gasteiger partial charge in [0.2, 0.25) is 10.0 Å². The van der Waals surface area contributed by atoms with E-state index < -0.39 is 15.8 Å². The smallest absolute Gasteiger partial charge is 0.255 e. The van der Waals surface area contributed by atoms with E-state index in [1.807, 2.05) is 6.07 Å². The number of halogens is 2. The third-order valence-electron chi connectivity index (χ3n) is 4.06. The molecule has 3 rings (SSSR count). The van der Waals surface area contributed by atoms with Crippen LogP contribution in [0.25, 0.3) is 0 Å². The molecule has 5 nitrogen and oxygen atoms in total. The number of rotatable bonds is 3. The Hall–Kier alpha value is -1.77. The number of carbonyl (C=O) groups excluding carboxylic acids is 1. The van der Waals surface area contributed by atoms with Gasteiger partial charge in [0.25, 0.3) is 5.91 Å². The average Bonchev–Trinajstić information content (AvgIpc) is 2.62. The van der Waals surface area contributed by atoms with Crippen molar-refractivity contribution in [3.05, 3.63) is 64.4 Å². The van der Waals surface area contributed by atoms with Gasteiger partial charge in [-0.05, 0) is 46.3 Å². The topological polar surface area (TPSA) is 57.7 Å². The van der Waals surface area contributed by atoms with Gasteiger partial charge < -0.3 is 4.90 Å².